The van der Waals surface area contributed by atoms with E-state index in [2.05, 4.69) is 19.9 Å². The maximum atomic E-state index is 13.1. The van der Waals surface area contributed by atoms with Gasteiger partial charge in [0.25, 0.3) is 0 Å². The van der Waals surface area contributed by atoms with Crippen LogP contribution in [0.1, 0.15) is 58.8 Å². The van der Waals surface area contributed by atoms with Crippen molar-refractivity contribution in [3.05, 3.63) is 64.2 Å². The molecule has 4 aliphatic rings. The van der Waals surface area contributed by atoms with Crippen LogP contribution in [0, 0.1) is 22.7 Å². The summed E-state index contributed by atoms with van der Waals surface area (Å²) in [6.07, 6.45) is 11.1. The van der Waals surface area contributed by atoms with Crippen molar-refractivity contribution in [1.82, 2.24) is 0 Å². The fraction of sp³-hybridized carbons (Fsp3) is 0.519. The van der Waals surface area contributed by atoms with Crippen molar-refractivity contribution >= 4 is 40.2 Å². The summed E-state index contributed by atoms with van der Waals surface area (Å²) < 4.78 is 12.4. The molecule has 5 rings (SSSR count). The van der Waals surface area contributed by atoms with E-state index in [1.165, 1.54) is 11.1 Å². The van der Waals surface area contributed by atoms with E-state index < -0.39 is 15.9 Å². The summed E-state index contributed by atoms with van der Waals surface area (Å²) in [5.74, 6) is 1.34. The van der Waals surface area contributed by atoms with Crippen molar-refractivity contribution in [3.63, 3.8) is 0 Å². The largest absolute Gasteiger partial charge is 0.610 e. The molecule has 170 valence electrons. The standard InChI is InChI=1S/C27H30Cl2O2S/c1-26-14-12-18(30)16-17(26)8-9-20-21-10-11-23(27(21,2)15-13-22(20)26)24(28)25(29)32(31)19-6-4-3-5-7-19/h3-7,13,16,20-21,25H,8-12,14-15H2,1-2H3/b24-23-/t20-,21-,25?,26-,27-,32?/m0/s1. The second-order valence-electron chi connectivity index (χ2n) is 10.3. The SMILES string of the molecule is C[C@]12CCC(=O)C=C1CC[C@@H]1C2=CC[C@]2(C)/C(=C(\Cl)C(Cl)[S+]([O-])c3ccccc3)CC[C@@H]12. The van der Waals surface area contributed by atoms with Gasteiger partial charge in [-0.15, -0.1) is 0 Å². The Balaban J connectivity index is 1.47. The Hall–Kier alpha value is -1.00. The van der Waals surface area contributed by atoms with Crippen LogP contribution in [0.4, 0.5) is 0 Å². The van der Waals surface area contributed by atoms with E-state index in [0.29, 0.717) is 28.2 Å². The van der Waals surface area contributed by atoms with Gasteiger partial charge in [0.15, 0.2) is 10.7 Å². The molecule has 2 fully saturated rings. The number of halogens is 2. The van der Waals surface area contributed by atoms with Crippen LogP contribution in [0.15, 0.2) is 69.1 Å². The smallest absolute Gasteiger partial charge is 0.229 e. The number of rotatable bonds is 3. The van der Waals surface area contributed by atoms with E-state index in [1.807, 2.05) is 36.4 Å². The van der Waals surface area contributed by atoms with Crippen molar-refractivity contribution in [2.24, 2.45) is 22.7 Å². The highest BCUT2D eigenvalue weighted by molar-refractivity contribution is 7.93. The van der Waals surface area contributed by atoms with Gasteiger partial charge >= 0.3 is 0 Å². The molecule has 0 radical (unpaired) electrons. The van der Waals surface area contributed by atoms with E-state index in [9.17, 15) is 9.35 Å². The van der Waals surface area contributed by atoms with Crippen molar-refractivity contribution in [2.45, 2.75) is 68.4 Å². The lowest BCUT2D eigenvalue weighted by atomic mass is 9.51. The second-order valence-corrected chi connectivity index (χ2v) is 12.9. The first-order chi connectivity index (χ1) is 15.3. The van der Waals surface area contributed by atoms with E-state index in [1.54, 1.807) is 5.57 Å². The minimum Gasteiger partial charge on any atom is -0.610 e. The fourth-order valence-corrected chi connectivity index (χ4v) is 8.96. The van der Waals surface area contributed by atoms with E-state index >= 15 is 0 Å². The zero-order valence-electron chi connectivity index (χ0n) is 18.7. The number of carbonyl (C=O) groups excluding carboxylic acids is 1. The molecule has 6 atom stereocenters. The zero-order chi connectivity index (χ0) is 22.7. The predicted octanol–water partition coefficient (Wildman–Crippen LogP) is 7.30. The first-order valence-corrected chi connectivity index (χ1v) is 13.7. The first-order valence-electron chi connectivity index (χ1n) is 11.7. The minimum atomic E-state index is -1.39. The molecule has 0 aliphatic heterocycles. The molecule has 1 aromatic carbocycles. The van der Waals surface area contributed by atoms with Crippen LogP contribution in [0.3, 0.4) is 0 Å². The van der Waals surface area contributed by atoms with Gasteiger partial charge in [0, 0.05) is 23.0 Å². The normalized spacial score (nSPS) is 37.5. The maximum absolute atomic E-state index is 13.1. The highest BCUT2D eigenvalue weighted by atomic mass is 35.5. The van der Waals surface area contributed by atoms with Gasteiger partial charge in [-0.1, -0.05) is 72.5 Å². The molecule has 0 bridgehead atoms. The predicted molar refractivity (Wildman–Crippen MR) is 132 cm³/mol. The number of hydrogen-bond donors (Lipinski definition) is 0. The molecule has 32 heavy (non-hydrogen) atoms. The number of hydrogen-bond acceptors (Lipinski definition) is 2. The lowest BCUT2D eigenvalue weighted by molar-refractivity contribution is -0.115. The third-order valence-electron chi connectivity index (χ3n) is 8.77. The van der Waals surface area contributed by atoms with E-state index in [0.717, 1.165) is 38.5 Å². The Morgan fingerprint density at radius 2 is 1.91 bits per heavy atom. The van der Waals surface area contributed by atoms with Gasteiger partial charge in [0.05, 0.1) is 5.03 Å². The summed E-state index contributed by atoms with van der Waals surface area (Å²) in [4.78, 5) is 12.8. The third-order valence-corrected chi connectivity index (χ3v) is 11.5. The van der Waals surface area contributed by atoms with Crippen LogP contribution in [-0.4, -0.2) is 15.0 Å². The lowest BCUT2D eigenvalue weighted by Gasteiger charge is -2.52. The number of allylic oxidation sites excluding steroid dienone is 5. The van der Waals surface area contributed by atoms with Gasteiger partial charge in [-0.2, -0.15) is 0 Å². The van der Waals surface area contributed by atoms with Gasteiger partial charge in [-0.05, 0) is 79.6 Å². The number of ketones is 1. The van der Waals surface area contributed by atoms with Crippen molar-refractivity contribution in [3.8, 4) is 0 Å². The third kappa shape index (κ3) is 3.47. The van der Waals surface area contributed by atoms with Gasteiger partial charge < -0.3 is 4.55 Å². The van der Waals surface area contributed by atoms with Gasteiger partial charge in [-0.25, -0.2) is 0 Å². The summed E-state index contributed by atoms with van der Waals surface area (Å²) in [7, 11) is 0. The molecule has 0 spiro atoms. The Labute approximate surface area is 204 Å². The van der Waals surface area contributed by atoms with Crippen molar-refractivity contribution in [1.29, 1.82) is 0 Å². The number of alkyl halides is 1. The van der Waals surface area contributed by atoms with Gasteiger partial charge in [0.1, 0.15) is 0 Å². The van der Waals surface area contributed by atoms with Crippen LogP contribution < -0.4 is 0 Å². The average molecular weight is 490 g/mol. The van der Waals surface area contributed by atoms with Crippen molar-refractivity contribution < 1.29 is 9.35 Å². The Morgan fingerprint density at radius 3 is 2.66 bits per heavy atom. The summed E-state index contributed by atoms with van der Waals surface area (Å²) in [6, 6.07) is 9.36. The summed E-state index contributed by atoms with van der Waals surface area (Å²) in [6.45, 7) is 4.69. The molecule has 2 nitrogen and oxygen atoms in total. The highest BCUT2D eigenvalue weighted by Gasteiger charge is 2.55. The lowest BCUT2D eigenvalue weighted by Crippen LogP contribution is -2.43. The van der Waals surface area contributed by atoms with Crippen molar-refractivity contribution in [2.75, 3.05) is 0 Å². The van der Waals surface area contributed by atoms with Gasteiger partial charge in [0.2, 0.25) is 4.71 Å². The highest BCUT2D eigenvalue weighted by Crippen LogP contribution is 2.65. The molecular formula is C27H30Cl2O2S. The average Bonchev–Trinajstić information content (AvgIpc) is 3.16. The molecule has 0 saturated heterocycles. The summed E-state index contributed by atoms with van der Waals surface area (Å²) >= 11 is 12.2. The molecule has 0 N–H and O–H groups in total. The van der Waals surface area contributed by atoms with Crippen LogP contribution in [-0.2, 0) is 16.0 Å². The molecular weight excluding hydrogens is 459 g/mol. The molecule has 0 amide bonds. The number of fused-ring (bicyclic) bond motifs is 5. The molecule has 5 heteroatoms. The van der Waals surface area contributed by atoms with Crippen LogP contribution >= 0.6 is 23.2 Å². The van der Waals surface area contributed by atoms with E-state index in [4.69, 9.17) is 23.2 Å². The van der Waals surface area contributed by atoms with E-state index in [-0.39, 0.29) is 16.6 Å². The molecule has 2 unspecified atom stereocenters. The molecule has 4 aliphatic carbocycles. The molecule has 1 aromatic rings. The Bertz CT molecular complexity index is 1030. The van der Waals surface area contributed by atoms with Gasteiger partial charge in [-0.3, -0.25) is 4.79 Å². The van der Waals surface area contributed by atoms with Crippen LogP contribution in [0.25, 0.3) is 0 Å². The zero-order valence-corrected chi connectivity index (χ0v) is 21.0. The quantitative estimate of drug-likeness (QED) is 0.254. The first kappa shape index (κ1) is 22.8. The Morgan fingerprint density at radius 1 is 1.16 bits per heavy atom. The number of benzene rings is 1. The van der Waals surface area contributed by atoms with Crippen LogP contribution in [0.5, 0.6) is 0 Å². The minimum absolute atomic E-state index is 0.0399. The summed E-state index contributed by atoms with van der Waals surface area (Å²) in [5, 5.41) is 0.585. The maximum Gasteiger partial charge on any atom is 0.229 e. The fourth-order valence-electron chi connectivity index (χ4n) is 6.97. The second kappa shape index (κ2) is 8.34. The molecule has 0 heterocycles. The topological polar surface area (TPSA) is 40.1 Å². The molecule has 2 saturated carbocycles. The molecule has 0 aromatic heterocycles. The Kier molecular flexibility index (Phi) is 5.94. The number of carbonyl (C=O) groups is 1. The van der Waals surface area contributed by atoms with Crippen LogP contribution in [0.2, 0.25) is 0 Å². The summed E-state index contributed by atoms with van der Waals surface area (Å²) in [5.41, 5.74) is 4.09. The monoisotopic (exact) mass is 488 g/mol.